The third-order valence-corrected chi connectivity index (χ3v) is 4.33. The zero-order valence-corrected chi connectivity index (χ0v) is 14.8. The van der Waals surface area contributed by atoms with Gasteiger partial charge in [-0.1, -0.05) is 13.8 Å². The fourth-order valence-corrected chi connectivity index (χ4v) is 2.86. The number of anilines is 2. The average molecular weight is 369 g/mol. The first-order valence-electron chi connectivity index (χ1n) is 8.19. The van der Waals surface area contributed by atoms with E-state index in [1.54, 1.807) is 0 Å². The number of carbonyl (C=O) groups is 1. The Morgan fingerprint density at radius 2 is 2.23 bits per heavy atom. The Hall–Kier alpha value is -2.53. The van der Waals surface area contributed by atoms with Gasteiger partial charge in [-0.25, -0.2) is 14.8 Å². The van der Waals surface area contributed by atoms with E-state index in [0.29, 0.717) is 0 Å². The Morgan fingerprint density at radius 3 is 2.77 bits per heavy atom. The fraction of sp³-hybridized carbons (Fsp3) is 0.667. The molecule has 0 aromatic carbocycles. The highest BCUT2D eigenvalue weighted by Crippen LogP contribution is 2.36. The molecule has 0 saturated carbocycles. The number of hydrogen-bond acceptors (Lipinski definition) is 10. The molecule has 3 atom stereocenters. The first kappa shape index (κ1) is 19.8. The predicted octanol–water partition coefficient (Wildman–Crippen LogP) is -0.0738. The molecule has 1 aromatic heterocycles. The molecule has 0 unspecified atom stereocenters. The fourth-order valence-electron chi connectivity index (χ4n) is 2.86. The standard InChI is InChI=1S/C15H23N5O6/c1-8(2)10(6-21)18-13-12(20(24)25)14(17-7-16-13)19-5-9(22)4-11(19)15(23)26-3/h7-11,21-22H,4-6H2,1-3H3,(H,16,17,18)/t9-,10-,11+/m1/s1. The molecule has 0 radical (unpaired) electrons. The number of β-amino-alcohol motifs (C(OH)–C–C–N with tert-alkyl or cyclic N) is 1. The van der Waals surface area contributed by atoms with Crippen LogP contribution in [0.1, 0.15) is 20.3 Å². The molecule has 144 valence electrons. The second-order valence-corrected chi connectivity index (χ2v) is 6.41. The van der Waals surface area contributed by atoms with Crippen molar-refractivity contribution in [1.29, 1.82) is 0 Å². The molecule has 3 N–H and O–H groups in total. The topological polar surface area (TPSA) is 151 Å². The van der Waals surface area contributed by atoms with E-state index >= 15 is 0 Å². The van der Waals surface area contributed by atoms with Crippen LogP contribution in [0.5, 0.6) is 0 Å². The molecule has 11 heteroatoms. The first-order chi connectivity index (χ1) is 12.3. The van der Waals surface area contributed by atoms with Crippen molar-refractivity contribution in [2.75, 3.05) is 30.5 Å². The van der Waals surface area contributed by atoms with Crippen LogP contribution in [0.25, 0.3) is 0 Å². The van der Waals surface area contributed by atoms with Gasteiger partial charge in [-0.15, -0.1) is 0 Å². The number of rotatable bonds is 7. The number of nitrogens with zero attached hydrogens (tertiary/aromatic N) is 4. The van der Waals surface area contributed by atoms with Gasteiger partial charge in [0.25, 0.3) is 0 Å². The molecule has 0 bridgehead atoms. The van der Waals surface area contributed by atoms with Gasteiger partial charge >= 0.3 is 11.7 Å². The molecule has 1 fully saturated rings. The summed E-state index contributed by atoms with van der Waals surface area (Å²) < 4.78 is 4.72. The molecule has 1 aliphatic heterocycles. The maximum atomic E-state index is 12.0. The molecule has 11 nitrogen and oxygen atoms in total. The van der Waals surface area contributed by atoms with Crippen LogP contribution >= 0.6 is 0 Å². The van der Waals surface area contributed by atoms with E-state index in [0.717, 1.165) is 6.33 Å². The number of methoxy groups -OCH3 is 1. The molecule has 2 rings (SSSR count). The zero-order valence-electron chi connectivity index (χ0n) is 14.8. The van der Waals surface area contributed by atoms with Crippen LogP contribution in [0, 0.1) is 16.0 Å². The number of hydrogen-bond donors (Lipinski definition) is 3. The molecule has 0 aliphatic carbocycles. The van der Waals surface area contributed by atoms with E-state index in [-0.39, 0.29) is 37.1 Å². The van der Waals surface area contributed by atoms with Gasteiger partial charge in [-0.05, 0) is 5.92 Å². The number of aromatic nitrogens is 2. The van der Waals surface area contributed by atoms with Crippen LogP contribution in [0.3, 0.4) is 0 Å². The van der Waals surface area contributed by atoms with Crippen LogP contribution in [0.2, 0.25) is 0 Å². The van der Waals surface area contributed by atoms with Crippen molar-refractivity contribution in [3.05, 3.63) is 16.4 Å². The van der Waals surface area contributed by atoms with Crippen LogP contribution in [0.15, 0.2) is 6.33 Å². The molecule has 1 saturated heterocycles. The molecule has 2 heterocycles. The van der Waals surface area contributed by atoms with E-state index in [1.165, 1.54) is 12.0 Å². The molecule has 0 spiro atoms. The Morgan fingerprint density at radius 1 is 1.54 bits per heavy atom. The number of aliphatic hydroxyl groups excluding tert-OH is 2. The van der Waals surface area contributed by atoms with Crippen LogP contribution in [-0.4, -0.2) is 69.5 Å². The summed E-state index contributed by atoms with van der Waals surface area (Å²) in [4.78, 5) is 32.3. The van der Waals surface area contributed by atoms with E-state index in [4.69, 9.17) is 4.74 Å². The SMILES string of the molecule is COC(=O)[C@@H]1C[C@@H](O)CN1c1ncnc(N[C@H](CO)C(C)C)c1[N+](=O)[O-]. The molecule has 1 aromatic rings. The number of ether oxygens (including phenoxy) is 1. The maximum Gasteiger partial charge on any atom is 0.353 e. The van der Waals surface area contributed by atoms with Gasteiger partial charge in [-0.2, -0.15) is 0 Å². The lowest BCUT2D eigenvalue weighted by atomic mass is 10.1. The molecular weight excluding hydrogens is 346 g/mol. The van der Waals surface area contributed by atoms with Crippen molar-refractivity contribution in [2.24, 2.45) is 5.92 Å². The highest BCUT2D eigenvalue weighted by molar-refractivity contribution is 5.83. The lowest BCUT2D eigenvalue weighted by molar-refractivity contribution is -0.383. The molecule has 0 amide bonds. The van der Waals surface area contributed by atoms with Gasteiger partial charge in [-0.3, -0.25) is 10.1 Å². The van der Waals surface area contributed by atoms with E-state index in [1.807, 2.05) is 13.8 Å². The Balaban J connectivity index is 2.47. The summed E-state index contributed by atoms with van der Waals surface area (Å²) in [6, 6.07) is -1.33. The number of esters is 1. The molecule has 26 heavy (non-hydrogen) atoms. The molecule has 1 aliphatic rings. The minimum Gasteiger partial charge on any atom is -0.467 e. The number of nitro groups is 1. The van der Waals surface area contributed by atoms with Crippen molar-refractivity contribution >= 4 is 23.3 Å². The van der Waals surface area contributed by atoms with Gasteiger partial charge in [0.15, 0.2) is 0 Å². The van der Waals surface area contributed by atoms with Gasteiger partial charge in [0.1, 0.15) is 12.4 Å². The van der Waals surface area contributed by atoms with Gasteiger partial charge in [0, 0.05) is 13.0 Å². The maximum absolute atomic E-state index is 12.0. The minimum atomic E-state index is -0.879. The van der Waals surface area contributed by atoms with E-state index < -0.39 is 34.8 Å². The summed E-state index contributed by atoms with van der Waals surface area (Å²) in [5.41, 5.74) is -0.422. The Labute approximate surface area is 150 Å². The van der Waals surface area contributed by atoms with Crippen molar-refractivity contribution in [1.82, 2.24) is 9.97 Å². The molecular formula is C15H23N5O6. The zero-order chi connectivity index (χ0) is 19.4. The monoisotopic (exact) mass is 369 g/mol. The second kappa shape index (κ2) is 8.23. The van der Waals surface area contributed by atoms with Crippen molar-refractivity contribution in [2.45, 2.75) is 38.5 Å². The summed E-state index contributed by atoms with van der Waals surface area (Å²) in [5, 5.41) is 33.9. The normalized spacial score (nSPS) is 20.9. The number of nitrogens with one attached hydrogen (secondary N) is 1. The Kier molecular flexibility index (Phi) is 6.27. The van der Waals surface area contributed by atoms with Crippen molar-refractivity contribution in [3.8, 4) is 0 Å². The van der Waals surface area contributed by atoms with Gasteiger partial charge in [0.2, 0.25) is 11.6 Å². The summed E-state index contributed by atoms with van der Waals surface area (Å²) in [6.07, 6.45) is 0.381. The highest BCUT2D eigenvalue weighted by atomic mass is 16.6. The van der Waals surface area contributed by atoms with Crippen molar-refractivity contribution in [3.63, 3.8) is 0 Å². The third kappa shape index (κ3) is 3.99. The summed E-state index contributed by atoms with van der Waals surface area (Å²) >= 11 is 0. The smallest absolute Gasteiger partial charge is 0.353 e. The quantitative estimate of drug-likeness (QED) is 0.338. The van der Waals surface area contributed by atoms with Crippen LogP contribution < -0.4 is 10.2 Å². The Bertz CT molecular complexity index is 670. The number of carbonyl (C=O) groups excluding carboxylic acids is 1. The predicted molar refractivity (Wildman–Crippen MR) is 91.8 cm³/mol. The first-order valence-corrected chi connectivity index (χ1v) is 8.19. The largest absolute Gasteiger partial charge is 0.467 e. The number of aliphatic hydroxyl groups is 2. The van der Waals surface area contributed by atoms with Gasteiger partial charge in [0.05, 0.1) is 30.8 Å². The van der Waals surface area contributed by atoms with Crippen LogP contribution in [-0.2, 0) is 9.53 Å². The van der Waals surface area contributed by atoms with Crippen LogP contribution in [0.4, 0.5) is 17.3 Å². The van der Waals surface area contributed by atoms with E-state index in [2.05, 4.69) is 15.3 Å². The third-order valence-electron chi connectivity index (χ3n) is 4.33. The summed E-state index contributed by atoms with van der Waals surface area (Å²) in [6.45, 7) is 3.48. The minimum absolute atomic E-state index is 0.00463. The van der Waals surface area contributed by atoms with Gasteiger partial charge < -0.3 is 25.2 Å². The lowest BCUT2D eigenvalue weighted by Gasteiger charge is -2.24. The second-order valence-electron chi connectivity index (χ2n) is 6.41. The summed E-state index contributed by atoms with van der Waals surface area (Å²) in [5.74, 6) is -0.758. The van der Waals surface area contributed by atoms with Crippen molar-refractivity contribution < 1.29 is 24.7 Å². The lowest BCUT2D eigenvalue weighted by Crippen LogP contribution is -2.38. The summed E-state index contributed by atoms with van der Waals surface area (Å²) in [7, 11) is 1.21. The average Bonchev–Trinajstić information content (AvgIpc) is 2.99. The highest BCUT2D eigenvalue weighted by Gasteiger charge is 2.41. The van der Waals surface area contributed by atoms with E-state index in [9.17, 15) is 25.1 Å².